The van der Waals surface area contributed by atoms with Crippen LogP contribution in [0.15, 0.2) is 0 Å². The second-order valence-corrected chi connectivity index (χ2v) is 6.62. The molecule has 0 aromatic carbocycles. The van der Waals surface area contributed by atoms with Crippen LogP contribution in [0.1, 0.15) is 38.5 Å². The highest BCUT2D eigenvalue weighted by molar-refractivity contribution is 4.99. The van der Waals surface area contributed by atoms with E-state index in [0.717, 1.165) is 12.6 Å². The molecule has 0 spiro atoms. The third kappa shape index (κ3) is 2.82. The van der Waals surface area contributed by atoms with Crippen LogP contribution in [0.5, 0.6) is 0 Å². The number of piperazine rings is 1. The Balaban J connectivity index is 1.56. The summed E-state index contributed by atoms with van der Waals surface area (Å²) < 4.78 is 5.51. The predicted octanol–water partition coefficient (Wildman–Crippen LogP) is 1.05. The minimum atomic E-state index is 0.269. The topological polar surface area (TPSA) is 41.7 Å². The van der Waals surface area contributed by atoms with Crippen LogP contribution in [-0.2, 0) is 4.74 Å². The molecule has 2 aliphatic carbocycles. The Kier molecular flexibility index (Phi) is 4.13. The van der Waals surface area contributed by atoms with Crippen LogP contribution in [0.3, 0.4) is 0 Å². The van der Waals surface area contributed by atoms with Crippen molar-refractivity contribution in [3.8, 4) is 0 Å². The summed E-state index contributed by atoms with van der Waals surface area (Å²) in [6.45, 7) is 5.74. The molecule has 0 aromatic heterocycles. The van der Waals surface area contributed by atoms with Gasteiger partial charge >= 0.3 is 0 Å². The summed E-state index contributed by atoms with van der Waals surface area (Å²) >= 11 is 0. The molecule has 3 fully saturated rings. The molecular weight excluding hydrogens is 238 g/mol. The quantitative estimate of drug-likeness (QED) is 0.827. The van der Waals surface area contributed by atoms with E-state index >= 15 is 0 Å². The van der Waals surface area contributed by atoms with Gasteiger partial charge < -0.3 is 10.5 Å². The van der Waals surface area contributed by atoms with Gasteiger partial charge in [-0.15, -0.1) is 0 Å². The average molecular weight is 267 g/mol. The predicted molar refractivity (Wildman–Crippen MR) is 77.2 cm³/mol. The van der Waals surface area contributed by atoms with Crippen molar-refractivity contribution in [2.45, 2.75) is 56.2 Å². The summed E-state index contributed by atoms with van der Waals surface area (Å²) in [6.07, 6.45) is 8.10. The maximum atomic E-state index is 6.17. The van der Waals surface area contributed by atoms with E-state index in [-0.39, 0.29) is 5.54 Å². The third-order valence-electron chi connectivity index (χ3n) is 5.62. The van der Waals surface area contributed by atoms with Crippen molar-refractivity contribution in [2.24, 2.45) is 5.73 Å². The maximum absolute atomic E-state index is 6.17. The average Bonchev–Trinajstić information content (AvgIpc) is 3.32. The van der Waals surface area contributed by atoms with E-state index in [1.165, 1.54) is 64.7 Å². The molecule has 2 saturated carbocycles. The normalized spacial score (nSPS) is 38.5. The second-order valence-electron chi connectivity index (χ2n) is 6.62. The van der Waals surface area contributed by atoms with Gasteiger partial charge in [0.2, 0.25) is 0 Å². The van der Waals surface area contributed by atoms with Gasteiger partial charge in [-0.2, -0.15) is 0 Å². The SMILES string of the molecule is COC1CCC(CN)(N2CCN(C3CC3)CC2)CC1. The number of hydrogen-bond acceptors (Lipinski definition) is 4. The molecule has 2 N–H and O–H groups in total. The number of methoxy groups -OCH3 is 1. The number of hydrogen-bond donors (Lipinski definition) is 1. The van der Waals surface area contributed by atoms with Crippen LogP contribution >= 0.6 is 0 Å². The van der Waals surface area contributed by atoms with Gasteiger partial charge in [-0.3, -0.25) is 9.80 Å². The van der Waals surface area contributed by atoms with Crippen molar-refractivity contribution >= 4 is 0 Å². The highest BCUT2D eigenvalue weighted by Crippen LogP contribution is 2.36. The Morgan fingerprint density at radius 1 is 1.05 bits per heavy atom. The van der Waals surface area contributed by atoms with E-state index in [9.17, 15) is 0 Å². The van der Waals surface area contributed by atoms with Crippen molar-refractivity contribution in [2.75, 3.05) is 39.8 Å². The summed E-state index contributed by atoms with van der Waals surface area (Å²) in [5.41, 5.74) is 6.44. The molecule has 0 bridgehead atoms. The second kappa shape index (κ2) is 5.68. The fourth-order valence-corrected chi connectivity index (χ4v) is 4.01. The molecule has 0 unspecified atom stereocenters. The fourth-order valence-electron chi connectivity index (χ4n) is 4.01. The first-order chi connectivity index (χ1) is 9.27. The lowest BCUT2D eigenvalue weighted by Gasteiger charge is -2.50. The van der Waals surface area contributed by atoms with Gasteiger partial charge in [-0.05, 0) is 38.5 Å². The first-order valence-corrected chi connectivity index (χ1v) is 7.99. The Morgan fingerprint density at radius 2 is 1.68 bits per heavy atom. The minimum absolute atomic E-state index is 0.269. The zero-order chi connectivity index (χ0) is 13.3. The Bertz CT molecular complexity index is 290. The van der Waals surface area contributed by atoms with Crippen LogP contribution in [0, 0.1) is 0 Å². The van der Waals surface area contributed by atoms with Gasteiger partial charge in [0.05, 0.1) is 6.10 Å². The van der Waals surface area contributed by atoms with Crippen LogP contribution in [0.2, 0.25) is 0 Å². The summed E-state index contributed by atoms with van der Waals surface area (Å²) in [5, 5.41) is 0. The summed E-state index contributed by atoms with van der Waals surface area (Å²) in [5.74, 6) is 0. The molecule has 3 rings (SSSR count). The van der Waals surface area contributed by atoms with Gasteiger partial charge in [0.15, 0.2) is 0 Å². The highest BCUT2D eigenvalue weighted by atomic mass is 16.5. The summed E-state index contributed by atoms with van der Waals surface area (Å²) in [6, 6.07) is 0.917. The van der Waals surface area contributed by atoms with Crippen molar-refractivity contribution < 1.29 is 4.74 Å². The maximum Gasteiger partial charge on any atom is 0.0572 e. The zero-order valence-corrected chi connectivity index (χ0v) is 12.3. The molecular formula is C15H29N3O. The smallest absolute Gasteiger partial charge is 0.0572 e. The Morgan fingerprint density at radius 3 is 2.16 bits per heavy atom. The minimum Gasteiger partial charge on any atom is -0.381 e. The van der Waals surface area contributed by atoms with Crippen molar-refractivity contribution in [3.05, 3.63) is 0 Å². The third-order valence-corrected chi connectivity index (χ3v) is 5.62. The van der Waals surface area contributed by atoms with E-state index in [1.807, 2.05) is 7.11 Å². The molecule has 1 saturated heterocycles. The first-order valence-electron chi connectivity index (χ1n) is 7.99. The molecule has 19 heavy (non-hydrogen) atoms. The lowest BCUT2D eigenvalue weighted by atomic mass is 9.78. The van der Waals surface area contributed by atoms with Crippen LogP contribution in [-0.4, -0.2) is 67.3 Å². The molecule has 4 nitrogen and oxygen atoms in total. The van der Waals surface area contributed by atoms with Gasteiger partial charge in [-0.1, -0.05) is 0 Å². The van der Waals surface area contributed by atoms with Gasteiger partial charge in [0, 0.05) is 51.4 Å². The van der Waals surface area contributed by atoms with Crippen LogP contribution in [0.4, 0.5) is 0 Å². The molecule has 1 heterocycles. The first kappa shape index (κ1) is 13.8. The van der Waals surface area contributed by atoms with Crippen LogP contribution < -0.4 is 5.73 Å². The van der Waals surface area contributed by atoms with E-state index in [0.29, 0.717) is 6.10 Å². The summed E-state index contributed by atoms with van der Waals surface area (Å²) in [7, 11) is 1.84. The fraction of sp³-hybridized carbons (Fsp3) is 1.00. The number of nitrogens with two attached hydrogens (primary N) is 1. The monoisotopic (exact) mass is 267 g/mol. The highest BCUT2D eigenvalue weighted by Gasteiger charge is 2.41. The van der Waals surface area contributed by atoms with E-state index in [4.69, 9.17) is 10.5 Å². The number of nitrogens with zero attached hydrogens (tertiary/aromatic N) is 2. The molecule has 0 radical (unpaired) electrons. The van der Waals surface area contributed by atoms with E-state index in [2.05, 4.69) is 9.80 Å². The molecule has 1 aliphatic heterocycles. The zero-order valence-electron chi connectivity index (χ0n) is 12.3. The van der Waals surface area contributed by atoms with Gasteiger partial charge in [0.1, 0.15) is 0 Å². The van der Waals surface area contributed by atoms with Crippen molar-refractivity contribution in [1.82, 2.24) is 9.80 Å². The standard InChI is InChI=1S/C15H29N3O/c1-19-14-4-6-15(12-16,7-5-14)18-10-8-17(9-11-18)13-2-3-13/h13-14H,2-12,16H2,1H3. The van der Waals surface area contributed by atoms with Crippen molar-refractivity contribution in [3.63, 3.8) is 0 Å². The molecule has 0 atom stereocenters. The molecule has 0 aromatic rings. The largest absolute Gasteiger partial charge is 0.381 e. The number of ether oxygens (including phenoxy) is 1. The molecule has 4 heteroatoms. The van der Waals surface area contributed by atoms with Gasteiger partial charge in [0.25, 0.3) is 0 Å². The lowest BCUT2D eigenvalue weighted by molar-refractivity contribution is -0.0273. The Hall–Kier alpha value is -0.160. The van der Waals surface area contributed by atoms with Crippen molar-refractivity contribution in [1.29, 1.82) is 0 Å². The molecule has 3 aliphatic rings. The molecule has 110 valence electrons. The van der Waals surface area contributed by atoms with Gasteiger partial charge in [-0.25, -0.2) is 0 Å². The lowest BCUT2D eigenvalue weighted by Crippen LogP contribution is -2.61. The van der Waals surface area contributed by atoms with E-state index in [1.54, 1.807) is 0 Å². The molecule has 0 amide bonds. The number of rotatable bonds is 4. The van der Waals surface area contributed by atoms with Crippen LogP contribution in [0.25, 0.3) is 0 Å². The summed E-state index contributed by atoms with van der Waals surface area (Å²) in [4.78, 5) is 5.37. The van der Waals surface area contributed by atoms with E-state index < -0.39 is 0 Å². The Labute approximate surface area is 117 Å².